The van der Waals surface area contributed by atoms with E-state index in [0.29, 0.717) is 32.1 Å². The van der Waals surface area contributed by atoms with Crippen molar-refractivity contribution in [3.63, 3.8) is 0 Å². The molecule has 1 saturated heterocycles. The molecule has 29 heavy (non-hydrogen) atoms. The zero-order valence-electron chi connectivity index (χ0n) is 15.4. The van der Waals surface area contributed by atoms with Crippen LogP contribution in [0.3, 0.4) is 0 Å². The van der Waals surface area contributed by atoms with Crippen molar-refractivity contribution in [2.45, 2.75) is 12.2 Å². The van der Waals surface area contributed by atoms with E-state index >= 15 is 0 Å². The molecule has 1 aromatic heterocycles. The highest BCUT2D eigenvalue weighted by Gasteiger charge is 2.34. The van der Waals surface area contributed by atoms with Gasteiger partial charge in [0.1, 0.15) is 5.76 Å². The van der Waals surface area contributed by atoms with Crippen molar-refractivity contribution in [3.8, 4) is 0 Å². The van der Waals surface area contributed by atoms with Crippen LogP contribution < -0.4 is 10.6 Å². The quantitative estimate of drug-likeness (QED) is 0.739. The van der Waals surface area contributed by atoms with Gasteiger partial charge < -0.3 is 19.8 Å². The Labute approximate surface area is 164 Å². The summed E-state index contributed by atoms with van der Waals surface area (Å²) in [6.45, 7) is 2.35. The molecule has 0 saturated carbocycles. The second-order valence-corrected chi connectivity index (χ2v) is 6.39. The van der Waals surface area contributed by atoms with Crippen LogP contribution in [-0.4, -0.2) is 49.6 Å². The third kappa shape index (κ3) is 5.36. The number of halogens is 3. The molecule has 2 aromatic rings. The van der Waals surface area contributed by atoms with Crippen LogP contribution in [0.25, 0.3) is 0 Å². The lowest BCUT2D eigenvalue weighted by Gasteiger charge is -2.33. The van der Waals surface area contributed by atoms with Crippen molar-refractivity contribution in [2.75, 3.05) is 38.2 Å². The molecule has 1 fully saturated rings. The number of hydrogen-bond acceptors (Lipinski definition) is 5. The van der Waals surface area contributed by atoms with E-state index in [1.807, 2.05) is 10.2 Å². The van der Waals surface area contributed by atoms with Gasteiger partial charge >= 0.3 is 18.0 Å². The molecule has 2 N–H and O–H groups in total. The molecule has 7 nitrogen and oxygen atoms in total. The molecular weight excluding hydrogens is 391 g/mol. The van der Waals surface area contributed by atoms with Crippen molar-refractivity contribution < 1.29 is 31.9 Å². The van der Waals surface area contributed by atoms with Gasteiger partial charge in [0.25, 0.3) is 0 Å². The fraction of sp³-hybridized carbons (Fsp3) is 0.368. The van der Waals surface area contributed by atoms with Crippen LogP contribution in [0.5, 0.6) is 0 Å². The lowest BCUT2D eigenvalue weighted by atomic mass is 10.1. The first kappa shape index (κ1) is 20.9. The van der Waals surface area contributed by atoms with Crippen molar-refractivity contribution in [1.82, 2.24) is 10.2 Å². The second kappa shape index (κ2) is 9.10. The molecule has 2 heterocycles. The van der Waals surface area contributed by atoms with E-state index < -0.39 is 29.2 Å². The van der Waals surface area contributed by atoms with Gasteiger partial charge in [-0.2, -0.15) is 13.2 Å². The predicted octanol–water partition coefficient (Wildman–Crippen LogP) is 2.43. The highest BCUT2D eigenvalue weighted by molar-refractivity contribution is 6.39. The van der Waals surface area contributed by atoms with Gasteiger partial charge in [-0.25, -0.2) is 0 Å². The number of amides is 2. The molecule has 1 aliphatic rings. The number of hydrogen-bond donors (Lipinski definition) is 2. The average molecular weight is 411 g/mol. The zero-order chi connectivity index (χ0) is 20.9. The fourth-order valence-corrected chi connectivity index (χ4v) is 3.07. The van der Waals surface area contributed by atoms with Crippen LogP contribution in [-0.2, 0) is 20.5 Å². The van der Waals surface area contributed by atoms with Gasteiger partial charge in [-0.05, 0) is 24.3 Å². The highest BCUT2D eigenvalue weighted by Crippen LogP contribution is 2.34. The molecule has 10 heteroatoms. The Morgan fingerprint density at radius 2 is 1.79 bits per heavy atom. The van der Waals surface area contributed by atoms with Crippen LogP contribution in [0.2, 0.25) is 0 Å². The van der Waals surface area contributed by atoms with Gasteiger partial charge in [0, 0.05) is 19.6 Å². The average Bonchev–Trinajstić information content (AvgIpc) is 3.23. The highest BCUT2D eigenvalue weighted by atomic mass is 19.4. The SMILES string of the molecule is O=C(NCC(c1ccco1)N1CCOCC1)C(=O)Nc1ccccc1C(F)(F)F. The van der Waals surface area contributed by atoms with Gasteiger partial charge in [-0.15, -0.1) is 0 Å². The molecule has 3 rings (SSSR count). The van der Waals surface area contributed by atoms with Crippen molar-refractivity contribution in [1.29, 1.82) is 0 Å². The van der Waals surface area contributed by atoms with E-state index in [-0.39, 0.29) is 12.6 Å². The normalized spacial score (nSPS) is 16.2. The number of para-hydroxylation sites is 1. The minimum Gasteiger partial charge on any atom is -0.468 e. The van der Waals surface area contributed by atoms with Gasteiger partial charge in [0.2, 0.25) is 0 Å². The molecule has 1 atom stereocenters. The molecule has 1 aliphatic heterocycles. The number of nitrogens with zero attached hydrogens (tertiary/aromatic N) is 1. The van der Waals surface area contributed by atoms with Gasteiger partial charge in [0.15, 0.2) is 0 Å². The summed E-state index contributed by atoms with van der Waals surface area (Å²) in [5.41, 5.74) is -1.50. The summed E-state index contributed by atoms with van der Waals surface area (Å²) in [6.07, 6.45) is -3.15. The first-order chi connectivity index (χ1) is 13.9. The van der Waals surface area contributed by atoms with Crippen molar-refractivity contribution in [3.05, 3.63) is 54.0 Å². The fourth-order valence-electron chi connectivity index (χ4n) is 3.07. The van der Waals surface area contributed by atoms with E-state index in [9.17, 15) is 22.8 Å². The minimum absolute atomic E-state index is 0.0562. The maximum atomic E-state index is 13.0. The second-order valence-electron chi connectivity index (χ2n) is 6.39. The number of ether oxygens (including phenoxy) is 1. The smallest absolute Gasteiger partial charge is 0.418 e. The van der Waals surface area contributed by atoms with Gasteiger partial charge in [0.05, 0.1) is 36.8 Å². The number of benzene rings is 1. The number of furan rings is 1. The Morgan fingerprint density at radius 1 is 1.07 bits per heavy atom. The minimum atomic E-state index is -4.65. The standard InChI is InChI=1S/C19H20F3N3O4/c20-19(21,22)13-4-1-2-5-14(13)24-18(27)17(26)23-12-15(16-6-3-9-29-16)25-7-10-28-11-8-25/h1-6,9,15H,7-8,10-12H2,(H,23,26)(H,24,27). The lowest BCUT2D eigenvalue weighted by Crippen LogP contribution is -2.45. The Balaban J connectivity index is 1.64. The van der Waals surface area contributed by atoms with E-state index in [4.69, 9.17) is 9.15 Å². The molecular formula is C19H20F3N3O4. The third-order valence-electron chi connectivity index (χ3n) is 4.50. The number of carbonyl (C=O) groups is 2. The van der Waals surface area contributed by atoms with Gasteiger partial charge in [-0.3, -0.25) is 14.5 Å². The number of carbonyl (C=O) groups excluding carboxylic acids is 2. The van der Waals surface area contributed by atoms with E-state index in [0.717, 1.165) is 12.1 Å². The Hall–Kier alpha value is -2.85. The predicted molar refractivity (Wildman–Crippen MR) is 96.9 cm³/mol. The van der Waals surface area contributed by atoms with Crippen LogP contribution in [0.15, 0.2) is 47.1 Å². The number of anilines is 1. The Morgan fingerprint density at radius 3 is 2.45 bits per heavy atom. The third-order valence-corrected chi connectivity index (χ3v) is 4.50. The molecule has 156 valence electrons. The van der Waals surface area contributed by atoms with E-state index in [1.165, 1.54) is 18.4 Å². The number of morpholine rings is 1. The first-order valence-electron chi connectivity index (χ1n) is 8.97. The van der Waals surface area contributed by atoms with Crippen LogP contribution in [0.4, 0.5) is 18.9 Å². The molecule has 0 spiro atoms. The number of alkyl halides is 3. The lowest BCUT2D eigenvalue weighted by molar-refractivity contribution is -0.138. The van der Waals surface area contributed by atoms with Crippen LogP contribution >= 0.6 is 0 Å². The van der Waals surface area contributed by atoms with Crippen LogP contribution in [0.1, 0.15) is 17.4 Å². The molecule has 0 aliphatic carbocycles. The Kier molecular flexibility index (Phi) is 6.55. The summed E-state index contributed by atoms with van der Waals surface area (Å²) < 4.78 is 49.9. The summed E-state index contributed by atoms with van der Waals surface area (Å²) >= 11 is 0. The molecule has 1 unspecified atom stereocenters. The summed E-state index contributed by atoms with van der Waals surface area (Å²) in [5.74, 6) is -1.61. The maximum absolute atomic E-state index is 13.0. The number of rotatable bonds is 5. The van der Waals surface area contributed by atoms with E-state index in [2.05, 4.69) is 5.32 Å². The first-order valence-corrected chi connectivity index (χ1v) is 8.97. The largest absolute Gasteiger partial charge is 0.468 e. The molecule has 2 amide bonds. The van der Waals surface area contributed by atoms with Crippen molar-refractivity contribution in [2.24, 2.45) is 0 Å². The zero-order valence-corrected chi connectivity index (χ0v) is 15.4. The summed E-state index contributed by atoms with van der Waals surface area (Å²) in [6, 6.07) is 7.61. The van der Waals surface area contributed by atoms with Crippen molar-refractivity contribution >= 4 is 17.5 Å². The van der Waals surface area contributed by atoms with Gasteiger partial charge in [-0.1, -0.05) is 12.1 Å². The Bertz CT molecular complexity index is 833. The molecule has 0 radical (unpaired) electrons. The monoisotopic (exact) mass is 411 g/mol. The van der Waals surface area contributed by atoms with E-state index in [1.54, 1.807) is 12.1 Å². The number of nitrogens with one attached hydrogen (secondary N) is 2. The molecule has 1 aromatic carbocycles. The summed E-state index contributed by atoms with van der Waals surface area (Å²) in [5, 5.41) is 4.50. The summed E-state index contributed by atoms with van der Waals surface area (Å²) in [4.78, 5) is 26.3. The maximum Gasteiger partial charge on any atom is 0.418 e. The molecule has 0 bridgehead atoms. The summed E-state index contributed by atoms with van der Waals surface area (Å²) in [7, 11) is 0. The topological polar surface area (TPSA) is 83.8 Å². The van der Waals surface area contributed by atoms with Crippen LogP contribution in [0, 0.1) is 0 Å².